The number of benzene rings is 2. The minimum absolute atomic E-state index is 0.0754. The van der Waals surface area contributed by atoms with Crippen LogP contribution in [0.15, 0.2) is 48.5 Å². The topological polar surface area (TPSA) is 88.7 Å². The third kappa shape index (κ3) is 6.10. The van der Waals surface area contributed by atoms with Gasteiger partial charge in [0.05, 0.1) is 20.3 Å². The van der Waals surface area contributed by atoms with E-state index < -0.39 is 0 Å². The highest BCUT2D eigenvalue weighted by atomic mass is 16.5. The molecule has 2 rings (SSSR count). The van der Waals surface area contributed by atoms with E-state index >= 15 is 0 Å². The molecular weight excluding hydrogens is 334 g/mol. The van der Waals surface area contributed by atoms with E-state index in [0.29, 0.717) is 35.8 Å². The fourth-order valence-corrected chi connectivity index (χ4v) is 2.23. The zero-order valence-electron chi connectivity index (χ0n) is 14.9. The number of anilines is 2. The van der Waals surface area contributed by atoms with Crippen molar-refractivity contribution in [2.45, 2.75) is 0 Å². The molecule has 0 aromatic heterocycles. The van der Waals surface area contributed by atoms with E-state index in [9.17, 15) is 9.59 Å². The fourth-order valence-electron chi connectivity index (χ4n) is 2.23. The van der Waals surface area contributed by atoms with Gasteiger partial charge >= 0.3 is 0 Å². The Morgan fingerprint density at radius 2 is 1.77 bits per heavy atom. The molecule has 0 aliphatic heterocycles. The van der Waals surface area contributed by atoms with E-state index in [0.717, 1.165) is 0 Å². The fraction of sp³-hybridized carbons (Fsp3) is 0.263. The van der Waals surface area contributed by atoms with Crippen molar-refractivity contribution in [3.63, 3.8) is 0 Å². The highest BCUT2D eigenvalue weighted by Gasteiger charge is 2.07. The van der Waals surface area contributed by atoms with Crippen LogP contribution in [-0.4, -0.2) is 45.7 Å². The summed E-state index contributed by atoms with van der Waals surface area (Å²) in [5, 5.41) is 8.54. The molecule has 0 aliphatic rings. The second-order valence-electron chi connectivity index (χ2n) is 5.46. The van der Waals surface area contributed by atoms with Crippen LogP contribution in [-0.2, 0) is 9.53 Å². The number of ether oxygens (including phenoxy) is 2. The number of hydrogen-bond acceptors (Lipinski definition) is 5. The molecule has 0 bridgehead atoms. The molecule has 138 valence electrons. The standard InChI is InChI=1S/C19H23N3O4/c1-25-10-9-20-19(24)14-5-3-6-15(11-14)21-13-18(23)22-16-7-4-8-17(12-16)26-2/h3-8,11-12,21H,9-10,13H2,1-2H3,(H,20,24)(H,22,23). The Morgan fingerprint density at radius 3 is 2.54 bits per heavy atom. The molecule has 0 aliphatic carbocycles. The molecule has 0 heterocycles. The number of hydrogen-bond donors (Lipinski definition) is 3. The minimum Gasteiger partial charge on any atom is -0.497 e. The number of amides is 2. The van der Waals surface area contributed by atoms with Crippen LogP contribution >= 0.6 is 0 Å². The SMILES string of the molecule is COCCNC(=O)c1cccc(NCC(=O)Nc2cccc(OC)c2)c1. The molecule has 0 fully saturated rings. The number of nitrogens with one attached hydrogen (secondary N) is 3. The Kier molecular flexibility index (Phi) is 7.45. The van der Waals surface area contributed by atoms with E-state index in [1.54, 1.807) is 62.8 Å². The van der Waals surface area contributed by atoms with Gasteiger partial charge < -0.3 is 25.4 Å². The molecular formula is C19H23N3O4. The average Bonchev–Trinajstić information content (AvgIpc) is 2.67. The monoisotopic (exact) mass is 357 g/mol. The smallest absolute Gasteiger partial charge is 0.251 e. The first kappa shape index (κ1) is 19.3. The van der Waals surface area contributed by atoms with Crippen molar-refractivity contribution in [1.29, 1.82) is 0 Å². The van der Waals surface area contributed by atoms with E-state index in [1.807, 2.05) is 0 Å². The van der Waals surface area contributed by atoms with Gasteiger partial charge in [0, 0.05) is 36.7 Å². The Balaban J connectivity index is 1.87. The van der Waals surface area contributed by atoms with Gasteiger partial charge in [0.2, 0.25) is 5.91 Å². The van der Waals surface area contributed by atoms with Crippen molar-refractivity contribution in [3.8, 4) is 5.75 Å². The zero-order valence-corrected chi connectivity index (χ0v) is 14.9. The summed E-state index contributed by atoms with van der Waals surface area (Å²) in [5.41, 5.74) is 1.85. The van der Waals surface area contributed by atoms with E-state index in [1.165, 1.54) is 0 Å². The van der Waals surface area contributed by atoms with Crippen molar-refractivity contribution < 1.29 is 19.1 Å². The van der Waals surface area contributed by atoms with Crippen molar-refractivity contribution in [3.05, 3.63) is 54.1 Å². The number of methoxy groups -OCH3 is 2. The van der Waals surface area contributed by atoms with Crippen molar-refractivity contribution >= 4 is 23.2 Å². The predicted octanol–water partition coefficient (Wildman–Crippen LogP) is 2.12. The van der Waals surface area contributed by atoms with E-state index in [-0.39, 0.29) is 18.4 Å². The minimum atomic E-state index is -0.201. The summed E-state index contributed by atoms with van der Waals surface area (Å²) >= 11 is 0. The summed E-state index contributed by atoms with van der Waals surface area (Å²) in [6.45, 7) is 0.968. The Morgan fingerprint density at radius 1 is 1.00 bits per heavy atom. The third-order valence-electron chi connectivity index (χ3n) is 3.52. The molecule has 7 heteroatoms. The van der Waals surface area contributed by atoms with Gasteiger partial charge in [0.1, 0.15) is 5.75 Å². The van der Waals surface area contributed by atoms with E-state index in [2.05, 4.69) is 16.0 Å². The van der Waals surface area contributed by atoms with Gasteiger partial charge in [-0.3, -0.25) is 9.59 Å². The summed E-state index contributed by atoms with van der Waals surface area (Å²) in [5.74, 6) is 0.280. The molecule has 2 aromatic carbocycles. The maximum Gasteiger partial charge on any atom is 0.251 e. The normalized spacial score (nSPS) is 10.1. The van der Waals surface area contributed by atoms with Crippen LogP contribution in [0.3, 0.4) is 0 Å². The quantitative estimate of drug-likeness (QED) is 0.598. The summed E-state index contributed by atoms with van der Waals surface area (Å²) < 4.78 is 10.0. The predicted molar refractivity (Wildman–Crippen MR) is 101 cm³/mol. The first-order chi connectivity index (χ1) is 12.6. The third-order valence-corrected chi connectivity index (χ3v) is 3.52. The maximum absolute atomic E-state index is 12.1. The average molecular weight is 357 g/mol. The Bertz CT molecular complexity index is 749. The molecule has 0 saturated heterocycles. The number of carbonyl (C=O) groups excluding carboxylic acids is 2. The molecule has 0 spiro atoms. The van der Waals surface area contributed by atoms with Gasteiger partial charge in [-0.25, -0.2) is 0 Å². The highest BCUT2D eigenvalue weighted by molar-refractivity contribution is 5.96. The summed E-state index contributed by atoms with van der Waals surface area (Å²) in [7, 11) is 3.15. The molecule has 2 aromatic rings. The van der Waals surface area contributed by atoms with Crippen LogP contribution in [0.2, 0.25) is 0 Å². The zero-order chi connectivity index (χ0) is 18.8. The molecule has 0 atom stereocenters. The van der Waals surface area contributed by atoms with Crippen molar-refractivity contribution in [2.24, 2.45) is 0 Å². The molecule has 26 heavy (non-hydrogen) atoms. The molecule has 0 unspecified atom stereocenters. The van der Waals surface area contributed by atoms with Crippen molar-refractivity contribution in [1.82, 2.24) is 5.32 Å². The van der Waals surface area contributed by atoms with Crippen LogP contribution in [0, 0.1) is 0 Å². The van der Waals surface area contributed by atoms with Gasteiger partial charge in [-0.2, -0.15) is 0 Å². The highest BCUT2D eigenvalue weighted by Crippen LogP contribution is 2.16. The van der Waals surface area contributed by atoms with Gasteiger partial charge in [-0.05, 0) is 30.3 Å². The number of carbonyl (C=O) groups is 2. The van der Waals surface area contributed by atoms with Crippen LogP contribution in [0.25, 0.3) is 0 Å². The first-order valence-corrected chi connectivity index (χ1v) is 8.17. The second kappa shape index (κ2) is 10.0. The molecule has 0 saturated carbocycles. The van der Waals surface area contributed by atoms with Crippen LogP contribution < -0.4 is 20.7 Å². The summed E-state index contributed by atoms with van der Waals surface area (Å²) in [6.07, 6.45) is 0. The molecule has 3 N–H and O–H groups in total. The molecule has 7 nitrogen and oxygen atoms in total. The van der Waals surface area contributed by atoms with Crippen LogP contribution in [0.5, 0.6) is 5.75 Å². The summed E-state index contributed by atoms with van der Waals surface area (Å²) in [4.78, 5) is 24.1. The van der Waals surface area contributed by atoms with Gasteiger partial charge in [0.15, 0.2) is 0 Å². The maximum atomic E-state index is 12.1. The van der Waals surface area contributed by atoms with Crippen LogP contribution in [0.4, 0.5) is 11.4 Å². The second-order valence-corrected chi connectivity index (χ2v) is 5.46. The lowest BCUT2D eigenvalue weighted by atomic mass is 10.2. The lowest BCUT2D eigenvalue weighted by Gasteiger charge is -2.10. The van der Waals surface area contributed by atoms with Gasteiger partial charge in [-0.15, -0.1) is 0 Å². The lowest BCUT2D eigenvalue weighted by molar-refractivity contribution is -0.114. The molecule has 0 radical (unpaired) electrons. The van der Waals surface area contributed by atoms with E-state index in [4.69, 9.17) is 9.47 Å². The van der Waals surface area contributed by atoms with Gasteiger partial charge in [-0.1, -0.05) is 12.1 Å². The molecule has 2 amide bonds. The number of rotatable bonds is 9. The van der Waals surface area contributed by atoms with Crippen LogP contribution in [0.1, 0.15) is 10.4 Å². The first-order valence-electron chi connectivity index (χ1n) is 8.17. The van der Waals surface area contributed by atoms with Crippen molar-refractivity contribution in [2.75, 3.05) is 44.5 Å². The Hall–Kier alpha value is -3.06. The largest absolute Gasteiger partial charge is 0.497 e. The Labute approximate surface area is 152 Å². The lowest BCUT2D eigenvalue weighted by Crippen LogP contribution is -2.27. The summed E-state index contributed by atoms with van der Waals surface area (Å²) in [6, 6.07) is 14.1. The van der Waals surface area contributed by atoms with Gasteiger partial charge in [0.25, 0.3) is 5.91 Å².